The molecular formula is C26H26N6O5. The van der Waals surface area contributed by atoms with Crippen molar-refractivity contribution in [3.8, 4) is 17.0 Å². The number of carbonyl (C=O) groups is 3. The number of rotatable bonds is 7. The topological polar surface area (TPSA) is 151 Å². The molecule has 4 amide bonds. The zero-order chi connectivity index (χ0) is 26.3. The first kappa shape index (κ1) is 24.0. The first-order valence-corrected chi connectivity index (χ1v) is 11.8. The Morgan fingerprint density at radius 3 is 2.62 bits per heavy atom. The number of benzene rings is 1. The number of hydrogen-bond donors (Lipinski definition) is 4. The van der Waals surface area contributed by atoms with Crippen molar-refractivity contribution >= 4 is 28.9 Å². The van der Waals surface area contributed by atoms with Gasteiger partial charge in [-0.15, -0.1) is 0 Å². The monoisotopic (exact) mass is 502 g/mol. The van der Waals surface area contributed by atoms with Gasteiger partial charge in [0, 0.05) is 22.9 Å². The van der Waals surface area contributed by atoms with Crippen molar-refractivity contribution in [2.24, 2.45) is 0 Å². The SMILES string of the molecule is CCc1ccc(OC)cc1C(=O)NCC1(c2cc3nc(-c4c(C)n[nH]c4C)ccc3o2)NC(=O)NC1=O. The maximum atomic E-state index is 13.2. The first-order valence-electron chi connectivity index (χ1n) is 11.8. The molecular weight excluding hydrogens is 476 g/mol. The number of amides is 4. The zero-order valence-corrected chi connectivity index (χ0v) is 20.8. The highest BCUT2D eigenvalue weighted by Gasteiger charge is 2.51. The summed E-state index contributed by atoms with van der Waals surface area (Å²) in [5, 5.41) is 14.8. The molecule has 5 rings (SSSR count). The molecule has 0 aliphatic carbocycles. The normalized spacial score (nSPS) is 17.1. The number of aryl methyl sites for hydroxylation is 3. The van der Waals surface area contributed by atoms with E-state index in [-0.39, 0.29) is 12.3 Å². The molecule has 4 N–H and O–H groups in total. The van der Waals surface area contributed by atoms with Gasteiger partial charge in [0.15, 0.2) is 11.1 Å². The van der Waals surface area contributed by atoms with Crippen LogP contribution in [0, 0.1) is 13.8 Å². The third kappa shape index (κ3) is 4.07. The van der Waals surface area contributed by atoms with Crippen molar-refractivity contribution in [1.82, 2.24) is 31.1 Å². The number of nitrogens with zero attached hydrogens (tertiary/aromatic N) is 2. The maximum absolute atomic E-state index is 13.2. The molecule has 4 aromatic rings. The van der Waals surface area contributed by atoms with Crippen LogP contribution in [0.3, 0.4) is 0 Å². The summed E-state index contributed by atoms with van der Waals surface area (Å²) in [7, 11) is 1.52. The fourth-order valence-electron chi connectivity index (χ4n) is 4.59. The van der Waals surface area contributed by atoms with Crippen LogP contribution in [-0.4, -0.2) is 46.7 Å². The minimum atomic E-state index is -1.65. The summed E-state index contributed by atoms with van der Waals surface area (Å²) in [5.74, 6) is -0.365. The van der Waals surface area contributed by atoms with Crippen LogP contribution in [0.25, 0.3) is 22.4 Å². The Morgan fingerprint density at radius 2 is 1.97 bits per heavy atom. The van der Waals surface area contributed by atoms with E-state index in [4.69, 9.17) is 14.1 Å². The molecule has 1 atom stereocenters. The Labute approximate surface area is 212 Å². The van der Waals surface area contributed by atoms with E-state index < -0.39 is 23.4 Å². The third-order valence-electron chi connectivity index (χ3n) is 6.58. The minimum Gasteiger partial charge on any atom is -0.497 e. The molecule has 3 aromatic heterocycles. The number of imide groups is 1. The zero-order valence-electron chi connectivity index (χ0n) is 20.8. The molecule has 0 radical (unpaired) electrons. The average molecular weight is 503 g/mol. The largest absolute Gasteiger partial charge is 0.497 e. The van der Waals surface area contributed by atoms with E-state index >= 15 is 0 Å². The lowest BCUT2D eigenvalue weighted by Crippen LogP contribution is -2.52. The fourth-order valence-corrected chi connectivity index (χ4v) is 4.59. The number of aromatic nitrogens is 3. The lowest BCUT2D eigenvalue weighted by atomic mass is 9.95. The second-order valence-corrected chi connectivity index (χ2v) is 8.87. The highest BCUT2D eigenvalue weighted by Crippen LogP contribution is 2.32. The Hall–Kier alpha value is -4.67. The van der Waals surface area contributed by atoms with Crippen molar-refractivity contribution in [3.63, 3.8) is 0 Å². The number of urea groups is 1. The molecule has 1 aromatic carbocycles. The molecule has 11 heteroatoms. The van der Waals surface area contributed by atoms with Gasteiger partial charge >= 0.3 is 6.03 Å². The van der Waals surface area contributed by atoms with E-state index in [1.165, 1.54) is 7.11 Å². The van der Waals surface area contributed by atoms with Gasteiger partial charge in [-0.25, -0.2) is 9.78 Å². The van der Waals surface area contributed by atoms with Crippen LogP contribution in [0.5, 0.6) is 5.75 Å². The highest BCUT2D eigenvalue weighted by atomic mass is 16.5. The average Bonchev–Trinajstić information content (AvgIpc) is 3.56. The van der Waals surface area contributed by atoms with Crippen molar-refractivity contribution in [2.45, 2.75) is 32.7 Å². The summed E-state index contributed by atoms with van der Waals surface area (Å²) in [5.41, 5.74) is 3.75. The van der Waals surface area contributed by atoms with E-state index in [0.29, 0.717) is 34.5 Å². The molecule has 190 valence electrons. The van der Waals surface area contributed by atoms with Gasteiger partial charge in [-0.1, -0.05) is 13.0 Å². The summed E-state index contributed by atoms with van der Waals surface area (Å²) >= 11 is 0. The van der Waals surface area contributed by atoms with Gasteiger partial charge in [0.25, 0.3) is 11.8 Å². The summed E-state index contributed by atoms with van der Waals surface area (Å²) in [6, 6.07) is 9.71. The molecule has 0 saturated carbocycles. The standard InChI is InChI=1S/C26H26N6O5/c1-5-15-6-7-16(36-4)10-17(15)23(33)27-12-26(24(34)29-25(35)30-26)21-11-19-20(37-21)9-8-18(28-19)22-13(2)31-32-14(22)3/h6-11H,5,12H2,1-4H3,(H,27,33)(H,31,32)(H2,29,30,34,35). The van der Waals surface area contributed by atoms with E-state index in [2.05, 4.69) is 26.1 Å². The molecule has 1 aliphatic rings. The molecule has 1 fully saturated rings. The van der Waals surface area contributed by atoms with Gasteiger partial charge in [0.05, 0.1) is 25.0 Å². The Balaban J connectivity index is 1.50. The number of pyridine rings is 1. The summed E-state index contributed by atoms with van der Waals surface area (Å²) < 4.78 is 11.3. The number of furan rings is 1. The molecule has 0 spiro atoms. The van der Waals surface area contributed by atoms with E-state index in [9.17, 15) is 14.4 Å². The lowest BCUT2D eigenvalue weighted by molar-refractivity contribution is -0.124. The Kier molecular flexibility index (Phi) is 5.90. The van der Waals surface area contributed by atoms with E-state index in [1.807, 2.05) is 26.8 Å². The van der Waals surface area contributed by atoms with Crippen LogP contribution in [0.4, 0.5) is 4.79 Å². The van der Waals surface area contributed by atoms with Crippen molar-refractivity contribution in [3.05, 3.63) is 64.7 Å². The second kappa shape index (κ2) is 9.08. The van der Waals surface area contributed by atoms with Gasteiger partial charge < -0.3 is 19.8 Å². The van der Waals surface area contributed by atoms with Crippen LogP contribution in [0.2, 0.25) is 0 Å². The third-order valence-corrected chi connectivity index (χ3v) is 6.58. The fraction of sp³-hybridized carbons (Fsp3) is 0.269. The number of H-pyrrole nitrogens is 1. The predicted molar refractivity (Wildman–Crippen MR) is 134 cm³/mol. The predicted octanol–water partition coefficient (Wildman–Crippen LogP) is 2.87. The van der Waals surface area contributed by atoms with Crippen LogP contribution in [0.15, 0.2) is 40.8 Å². The quantitative estimate of drug-likeness (QED) is 0.284. The summed E-state index contributed by atoms with van der Waals surface area (Å²) in [4.78, 5) is 43.1. The lowest BCUT2D eigenvalue weighted by Gasteiger charge is -2.24. The van der Waals surface area contributed by atoms with E-state index in [1.54, 1.807) is 30.3 Å². The maximum Gasteiger partial charge on any atom is 0.322 e. The molecule has 0 bridgehead atoms. The van der Waals surface area contributed by atoms with Gasteiger partial charge in [-0.05, 0) is 50.1 Å². The number of ether oxygens (including phenoxy) is 1. The van der Waals surface area contributed by atoms with Gasteiger partial charge in [-0.3, -0.25) is 20.0 Å². The van der Waals surface area contributed by atoms with Crippen molar-refractivity contribution in [2.75, 3.05) is 13.7 Å². The van der Waals surface area contributed by atoms with Gasteiger partial charge in [0.1, 0.15) is 17.0 Å². The number of methoxy groups -OCH3 is 1. The molecule has 11 nitrogen and oxygen atoms in total. The van der Waals surface area contributed by atoms with Crippen LogP contribution >= 0.6 is 0 Å². The molecule has 1 unspecified atom stereocenters. The van der Waals surface area contributed by atoms with Gasteiger partial charge in [-0.2, -0.15) is 5.10 Å². The number of aromatic amines is 1. The Bertz CT molecular complexity index is 1530. The number of hydrogen-bond acceptors (Lipinski definition) is 7. The minimum absolute atomic E-state index is 0.151. The van der Waals surface area contributed by atoms with E-state index in [0.717, 1.165) is 22.5 Å². The second-order valence-electron chi connectivity index (χ2n) is 8.87. The van der Waals surface area contributed by atoms with Crippen LogP contribution in [0.1, 0.15) is 40.0 Å². The Morgan fingerprint density at radius 1 is 1.16 bits per heavy atom. The van der Waals surface area contributed by atoms with Crippen LogP contribution < -0.4 is 20.7 Å². The summed E-state index contributed by atoms with van der Waals surface area (Å²) in [6.07, 6.45) is 0.627. The number of carbonyl (C=O) groups excluding carboxylic acids is 3. The van der Waals surface area contributed by atoms with Crippen molar-refractivity contribution in [1.29, 1.82) is 0 Å². The number of nitrogens with one attached hydrogen (secondary N) is 4. The molecule has 37 heavy (non-hydrogen) atoms. The molecule has 1 aliphatic heterocycles. The summed E-state index contributed by atoms with van der Waals surface area (Å²) in [6.45, 7) is 5.49. The van der Waals surface area contributed by atoms with Gasteiger partial charge in [0.2, 0.25) is 0 Å². The first-order chi connectivity index (χ1) is 17.8. The number of fused-ring (bicyclic) bond motifs is 1. The highest BCUT2D eigenvalue weighted by molar-refractivity contribution is 6.08. The van der Waals surface area contributed by atoms with Crippen molar-refractivity contribution < 1.29 is 23.5 Å². The smallest absolute Gasteiger partial charge is 0.322 e. The van der Waals surface area contributed by atoms with Crippen LogP contribution in [-0.2, 0) is 16.8 Å². The molecule has 4 heterocycles. The molecule has 1 saturated heterocycles.